The third kappa shape index (κ3) is 1.83. The maximum absolute atomic E-state index is 12.4. The molecule has 1 nitrogen and oxygen atoms in total. The Labute approximate surface area is 60.5 Å². The quantitative estimate of drug-likeness (QED) is 0.443. The highest BCUT2D eigenvalue weighted by atomic mass is 19.1. The molecular weight excluding hydrogens is 128 g/mol. The molecule has 0 aliphatic carbocycles. The van der Waals surface area contributed by atoms with E-state index in [-0.39, 0.29) is 0 Å². The van der Waals surface area contributed by atoms with Crippen LogP contribution in [0.4, 0.5) is 4.39 Å². The van der Waals surface area contributed by atoms with Gasteiger partial charge in [-0.1, -0.05) is 12.9 Å². The molecule has 1 heterocycles. The minimum atomic E-state index is -0.403. The zero-order valence-corrected chi connectivity index (χ0v) is 5.84. The minimum Gasteiger partial charge on any atom is -0.226 e. The lowest BCUT2D eigenvalue weighted by molar-refractivity contribution is 0.579. The standard InChI is InChI=1S/C7H8BFN/c1-8-5-6-3-2-4-7(9)10-6/h2-4H,5H2,1H3. The van der Waals surface area contributed by atoms with E-state index in [9.17, 15) is 4.39 Å². The van der Waals surface area contributed by atoms with Gasteiger partial charge in [-0.3, -0.25) is 0 Å². The van der Waals surface area contributed by atoms with Gasteiger partial charge in [-0.15, -0.1) is 0 Å². The topological polar surface area (TPSA) is 12.9 Å². The average Bonchev–Trinajstić information content (AvgIpc) is 1.88. The first-order valence-electron chi connectivity index (χ1n) is 3.22. The molecule has 0 atom stereocenters. The molecule has 1 radical (unpaired) electrons. The summed E-state index contributed by atoms with van der Waals surface area (Å²) in [5.41, 5.74) is 0.780. The van der Waals surface area contributed by atoms with Gasteiger partial charge in [0.2, 0.25) is 5.95 Å². The fourth-order valence-electron chi connectivity index (χ4n) is 0.773. The fourth-order valence-corrected chi connectivity index (χ4v) is 0.773. The maximum atomic E-state index is 12.4. The number of hydrogen-bond donors (Lipinski definition) is 0. The Morgan fingerprint density at radius 3 is 3.00 bits per heavy atom. The molecule has 0 aromatic carbocycles. The second kappa shape index (κ2) is 3.35. The summed E-state index contributed by atoms with van der Waals surface area (Å²) in [6, 6.07) is 4.82. The van der Waals surface area contributed by atoms with Gasteiger partial charge in [0.1, 0.15) is 7.28 Å². The van der Waals surface area contributed by atoms with Gasteiger partial charge in [0.05, 0.1) is 0 Å². The van der Waals surface area contributed by atoms with E-state index >= 15 is 0 Å². The molecule has 51 valence electrons. The first-order chi connectivity index (χ1) is 4.83. The lowest BCUT2D eigenvalue weighted by Gasteiger charge is -1.94. The molecular formula is C7H8BFN. The molecule has 0 saturated carbocycles. The fraction of sp³-hybridized carbons (Fsp3) is 0.286. The molecule has 10 heavy (non-hydrogen) atoms. The van der Waals surface area contributed by atoms with Crippen LogP contribution >= 0.6 is 0 Å². The Bertz CT molecular complexity index is 215. The Balaban J connectivity index is 2.75. The number of halogens is 1. The second-order valence-corrected chi connectivity index (χ2v) is 2.06. The Morgan fingerprint density at radius 2 is 2.40 bits per heavy atom. The van der Waals surface area contributed by atoms with Gasteiger partial charge in [0.15, 0.2) is 0 Å². The summed E-state index contributed by atoms with van der Waals surface area (Å²) in [5.74, 6) is -0.403. The van der Waals surface area contributed by atoms with Crippen molar-refractivity contribution >= 4 is 7.28 Å². The van der Waals surface area contributed by atoms with Gasteiger partial charge >= 0.3 is 0 Å². The summed E-state index contributed by atoms with van der Waals surface area (Å²) < 4.78 is 12.4. The normalized spacial score (nSPS) is 9.40. The summed E-state index contributed by atoms with van der Waals surface area (Å²) in [6.45, 7) is 1.92. The highest BCUT2D eigenvalue weighted by Gasteiger charge is 1.93. The molecule has 1 aromatic rings. The average molecular weight is 136 g/mol. The molecule has 0 aliphatic heterocycles. The number of nitrogens with zero attached hydrogens (tertiary/aromatic N) is 1. The molecule has 0 amide bonds. The van der Waals surface area contributed by atoms with Crippen LogP contribution in [0.15, 0.2) is 18.2 Å². The van der Waals surface area contributed by atoms with E-state index in [1.165, 1.54) is 6.07 Å². The molecule has 3 heteroatoms. The predicted octanol–water partition coefficient (Wildman–Crippen LogP) is 1.47. The van der Waals surface area contributed by atoms with Crippen LogP contribution in [-0.4, -0.2) is 12.3 Å². The molecule has 0 saturated heterocycles. The highest BCUT2D eigenvalue weighted by Crippen LogP contribution is 1.97. The monoisotopic (exact) mass is 136 g/mol. The first-order valence-corrected chi connectivity index (χ1v) is 3.22. The molecule has 0 aliphatic rings. The smallest absolute Gasteiger partial charge is 0.213 e. The van der Waals surface area contributed by atoms with Gasteiger partial charge in [-0.25, -0.2) is 4.98 Å². The van der Waals surface area contributed by atoms with Crippen molar-refractivity contribution in [2.75, 3.05) is 0 Å². The van der Waals surface area contributed by atoms with Gasteiger partial charge in [0.25, 0.3) is 0 Å². The van der Waals surface area contributed by atoms with E-state index in [0.717, 1.165) is 12.0 Å². The zero-order chi connectivity index (χ0) is 7.40. The Hall–Kier alpha value is -0.855. The lowest BCUT2D eigenvalue weighted by atomic mass is 9.77. The summed E-state index contributed by atoms with van der Waals surface area (Å²) in [4.78, 5) is 3.66. The van der Waals surface area contributed by atoms with Crippen molar-refractivity contribution in [1.82, 2.24) is 4.98 Å². The minimum absolute atomic E-state index is 0.403. The maximum Gasteiger partial charge on any atom is 0.213 e. The second-order valence-electron chi connectivity index (χ2n) is 2.06. The van der Waals surface area contributed by atoms with Crippen LogP contribution in [-0.2, 0) is 6.32 Å². The largest absolute Gasteiger partial charge is 0.226 e. The van der Waals surface area contributed by atoms with E-state index in [2.05, 4.69) is 4.98 Å². The van der Waals surface area contributed by atoms with Crippen LogP contribution in [0.5, 0.6) is 0 Å². The van der Waals surface area contributed by atoms with Crippen molar-refractivity contribution < 1.29 is 4.39 Å². The van der Waals surface area contributed by atoms with Crippen LogP contribution in [0.1, 0.15) is 5.69 Å². The van der Waals surface area contributed by atoms with Crippen molar-refractivity contribution in [2.45, 2.75) is 13.1 Å². The van der Waals surface area contributed by atoms with Crippen molar-refractivity contribution in [3.05, 3.63) is 29.8 Å². The molecule has 0 N–H and O–H groups in total. The van der Waals surface area contributed by atoms with E-state index in [4.69, 9.17) is 0 Å². The van der Waals surface area contributed by atoms with Gasteiger partial charge in [0, 0.05) is 5.69 Å². The number of hydrogen-bond acceptors (Lipinski definition) is 1. The summed E-state index contributed by atoms with van der Waals surface area (Å²) in [5, 5.41) is 0. The first kappa shape index (κ1) is 7.25. The molecule has 0 fully saturated rings. The summed E-state index contributed by atoms with van der Waals surface area (Å²) in [7, 11) is 1.95. The summed E-state index contributed by atoms with van der Waals surface area (Å²) in [6.07, 6.45) is 0.734. The molecule has 1 aromatic heterocycles. The van der Waals surface area contributed by atoms with E-state index in [1.807, 2.05) is 20.2 Å². The SMILES string of the molecule is C[B]Cc1cccc(F)n1. The third-order valence-electron chi connectivity index (χ3n) is 1.19. The van der Waals surface area contributed by atoms with Crippen LogP contribution < -0.4 is 0 Å². The third-order valence-corrected chi connectivity index (χ3v) is 1.19. The molecule has 1 rings (SSSR count). The lowest BCUT2D eigenvalue weighted by Crippen LogP contribution is -1.95. The molecule has 0 spiro atoms. The molecule has 0 unspecified atom stereocenters. The van der Waals surface area contributed by atoms with E-state index < -0.39 is 5.95 Å². The predicted molar refractivity (Wildman–Crippen MR) is 39.5 cm³/mol. The summed E-state index contributed by atoms with van der Waals surface area (Å²) >= 11 is 0. The van der Waals surface area contributed by atoms with Crippen molar-refractivity contribution in [3.8, 4) is 0 Å². The van der Waals surface area contributed by atoms with Crippen LogP contribution in [0.25, 0.3) is 0 Å². The van der Waals surface area contributed by atoms with Crippen LogP contribution in [0.2, 0.25) is 6.82 Å². The Morgan fingerprint density at radius 1 is 1.60 bits per heavy atom. The van der Waals surface area contributed by atoms with Crippen molar-refractivity contribution in [1.29, 1.82) is 0 Å². The number of rotatable bonds is 2. The zero-order valence-electron chi connectivity index (χ0n) is 5.84. The Kier molecular flexibility index (Phi) is 2.43. The van der Waals surface area contributed by atoms with Crippen molar-refractivity contribution in [3.63, 3.8) is 0 Å². The van der Waals surface area contributed by atoms with Gasteiger partial charge in [-0.2, -0.15) is 4.39 Å². The number of pyridine rings is 1. The van der Waals surface area contributed by atoms with Crippen LogP contribution in [0, 0.1) is 5.95 Å². The molecule has 0 bridgehead atoms. The highest BCUT2D eigenvalue weighted by molar-refractivity contribution is 6.32. The van der Waals surface area contributed by atoms with Gasteiger partial charge in [-0.05, 0) is 18.5 Å². The van der Waals surface area contributed by atoms with Gasteiger partial charge < -0.3 is 0 Å². The van der Waals surface area contributed by atoms with Crippen molar-refractivity contribution in [2.24, 2.45) is 0 Å². The van der Waals surface area contributed by atoms with E-state index in [0.29, 0.717) is 0 Å². The van der Waals surface area contributed by atoms with E-state index in [1.54, 1.807) is 6.07 Å². The number of aromatic nitrogens is 1. The van der Waals surface area contributed by atoms with Crippen LogP contribution in [0.3, 0.4) is 0 Å².